The summed E-state index contributed by atoms with van der Waals surface area (Å²) in [5.74, 6) is 0. The maximum atomic E-state index is 5.56. The summed E-state index contributed by atoms with van der Waals surface area (Å²) >= 11 is 1.36. The van der Waals surface area contributed by atoms with Crippen molar-refractivity contribution in [1.82, 2.24) is 0 Å². The fraction of sp³-hybridized carbons (Fsp3) is 0.385. The van der Waals surface area contributed by atoms with E-state index < -0.39 is 0 Å². The van der Waals surface area contributed by atoms with Gasteiger partial charge < -0.3 is 33.8 Å². The second-order valence-corrected chi connectivity index (χ2v) is 18.5. The van der Waals surface area contributed by atoms with Gasteiger partial charge in [-0.15, -0.1) is 93.9 Å². The summed E-state index contributed by atoms with van der Waals surface area (Å²) in [6, 6.07) is 40.3. The van der Waals surface area contributed by atoms with Crippen molar-refractivity contribution in [2.75, 3.05) is 40.0 Å². The van der Waals surface area contributed by atoms with E-state index in [1.807, 2.05) is 0 Å². The van der Waals surface area contributed by atoms with Crippen LogP contribution in [-0.4, -0.2) is 46.9 Å². The molecule has 2 aliphatic heterocycles. The van der Waals surface area contributed by atoms with Crippen LogP contribution in [0, 0.1) is 25.7 Å². The molecule has 2 aliphatic rings. The summed E-state index contributed by atoms with van der Waals surface area (Å²) in [6.07, 6.45) is 1.95. The Bertz CT molecular complexity index is 2080. The average molecular weight is 945 g/mol. The van der Waals surface area contributed by atoms with Gasteiger partial charge in [-0.2, -0.15) is 12.1 Å². The monoisotopic (exact) mass is 942 g/mol. The molecule has 0 atom stereocenters. The zero-order valence-electron chi connectivity index (χ0n) is 37.5. The molecule has 60 heavy (non-hydrogen) atoms. The van der Waals surface area contributed by atoms with E-state index in [-0.39, 0.29) is 61.3 Å². The summed E-state index contributed by atoms with van der Waals surface area (Å²) in [6.45, 7) is 25.1. The van der Waals surface area contributed by atoms with Gasteiger partial charge in [-0.05, 0) is 45.9 Å². The molecule has 6 aromatic rings. The van der Waals surface area contributed by atoms with Gasteiger partial charge in [-0.3, -0.25) is 0 Å². The standard InChI is InChI=1S/2C25H29O2.2CH3.2ClH.Si.Zr/c2*1-24(2,3)23-11-6-5-9-21(23)20-10-7-8-19-12-18(13-22(19)20)14-25(4)15-26-17-27-16-25;;;;;;/h2*5-13H,14-17H2,1-4H3;2*1H3;2*1H;;/q4*-1;;;;. The Kier molecular flexibility index (Phi) is 20.4. The summed E-state index contributed by atoms with van der Waals surface area (Å²) in [5, 5.41) is 5.30. The van der Waals surface area contributed by atoms with Gasteiger partial charge in [0.15, 0.2) is 0 Å². The van der Waals surface area contributed by atoms with Crippen LogP contribution in [0.4, 0.5) is 0 Å². The average Bonchev–Trinajstić information content (AvgIpc) is 3.78. The van der Waals surface area contributed by atoms with Crippen molar-refractivity contribution in [2.24, 2.45) is 10.8 Å². The number of rotatable bonds is 6. The number of hydrogen-bond acceptors (Lipinski definition) is 4. The Morgan fingerprint density at radius 2 is 0.833 bits per heavy atom. The molecule has 0 aliphatic carbocycles. The van der Waals surface area contributed by atoms with Gasteiger partial charge in [-0.1, -0.05) is 127 Å². The number of ether oxygens (including phenoxy) is 4. The molecule has 324 valence electrons. The first-order valence-electron chi connectivity index (χ1n) is 19.8. The zero-order valence-corrected chi connectivity index (χ0v) is 42.6. The molecule has 0 bridgehead atoms. The van der Waals surface area contributed by atoms with Crippen LogP contribution >= 0.6 is 24.8 Å². The summed E-state index contributed by atoms with van der Waals surface area (Å²) in [7, 11) is 0. The minimum absolute atomic E-state index is 0. The Morgan fingerprint density at radius 3 is 1.17 bits per heavy atom. The number of benzene rings is 4. The van der Waals surface area contributed by atoms with Crippen LogP contribution < -0.4 is 0 Å². The summed E-state index contributed by atoms with van der Waals surface area (Å²) in [4.78, 5) is 0. The fourth-order valence-corrected chi connectivity index (χ4v) is 8.55. The predicted molar refractivity (Wildman–Crippen MR) is 258 cm³/mol. The zero-order chi connectivity index (χ0) is 40.1. The topological polar surface area (TPSA) is 36.9 Å². The van der Waals surface area contributed by atoms with Crippen LogP contribution in [-0.2, 0) is 66.0 Å². The SMILES string of the molecule is CC1(Cc2cc3c(-c4ccccc4C(C)(C)C)cccc3[cH-]2)COCOC1.CC1(Cc2cc3c(-c4ccccc4C(C)(C)C)cccc3[cH-]2)COCOC1.Cl.Cl.[CH3-].[CH3-].[Si]=[Zr]. The first-order valence-corrected chi connectivity index (χ1v) is 24.0. The molecule has 0 spiro atoms. The van der Waals surface area contributed by atoms with Crippen molar-refractivity contribution < 1.29 is 42.3 Å². The fourth-order valence-electron chi connectivity index (χ4n) is 8.55. The number of halogens is 2. The molecule has 4 nitrogen and oxygen atoms in total. The van der Waals surface area contributed by atoms with Gasteiger partial charge in [-0.25, -0.2) is 0 Å². The van der Waals surface area contributed by atoms with Gasteiger partial charge >= 0.3 is 30.2 Å². The first-order chi connectivity index (χ1) is 26.7. The van der Waals surface area contributed by atoms with E-state index in [0.717, 1.165) is 39.3 Å². The van der Waals surface area contributed by atoms with Crippen molar-refractivity contribution in [3.63, 3.8) is 0 Å². The molecule has 0 amide bonds. The first kappa shape index (κ1) is 53.8. The molecular formula is C52H66Cl2O4SiZr-4. The third-order valence-corrected chi connectivity index (χ3v) is 11.1. The van der Waals surface area contributed by atoms with E-state index in [1.165, 1.54) is 89.4 Å². The molecule has 8 heteroatoms. The van der Waals surface area contributed by atoms with Crippen LogP contribution in [0.2, 0.25) is 0 Å². The van der Waals surface area contributed by atoms with Crippen LogP contribution in [0.15, 0.2) is 109 Å². The van der Waals surface area contributed by atoms with Gasteiger partial charge in [0.05, 0.1) is 26.4 Å². The van der Waals surface area contributed by atoms with Crippen molar-refractivity contribution in [1.29, 1.82) is 0 Å². The molecular weight excluding hydrogens is 879 g/mol. The third kappa shape index (κ3) is 12.9. The molecule has 2 saturated heterocycles. The van der Waals surface area contributed by atoms with E-state index in [0.29, 0.717) is 13.6 Å². The molecule has 2 fully saturated rings. The number of hydrogen-bond donors (Lipinski definition) is 0. The van der Waals surface area contributed by atoms with Crippen molar-refractivity contribution in [3.05, 3.63) is 146 Å². The van der Waals surface area contributed by atoms with E-state index in [1.54, 1.807) is 0 Å². The number of fused-ring (bicyclic) bond motifs is 2. The molecule has 6 aromatic carbocycles. The Hall–Kier alpha value is -2.38. The van der Waals surface area contributed by atoms with Crippen molar-refractivity contribution in [2.45, 2.75) is 79.1 Å². The van der Waals surface area contributed by atoms with Gasteiger partial charge in [0.25, 0.3) is 0 Å². The van der Waals surface area contributed by atoms with Crippen LogP contribution in [0.25, 0.3) is 43.8 Å². The predicted octanol–water partition coefficient (Wildman–Crippen LogP) is 13.5. The van der Waals surface area contributed by atoms with Crippen LogP contribution in [0.3, 0.4) is 0 Å². The quantitative estimate of drug-likeness (QED) is 0.123. The minimum atomic E-state index is 0. The van der Waals surface area contributed by atoms with E-state index >= 15 is 0 Å². The molecule has 0 N–H and O–H groups in total. The maximum absolute atomic E-state index is 5.56. The molecule has 2 radical (unpaired) electrons. The van der Waals surface area contributed by atoms with Gasteiger partial charge in [0, 0.05) is 10.8 Å². The van der Waals surface area contributed by atoms with Crippen LogP contribution in [0.1, 0.15) is 77.6 Å². The molecule has 0 saturated carbocycles. The van der Waals surface area contributed by atoms with E-state index in [4.69, 9.17) is 18.9 Å². The summed E-state index contributed by atoms with van der Waals surface area (Å²) in [5.41, 5.74) is 11.1. The Labute approximate surface area is 391 Å². The molecule has 2 heterocycles. The summed E-state index contributed by atoms with van der Waals surface area (Å²) < 4.78 is 22.2. The Balaban J connectivity index is 0.000000373. The van der Waals surface area contributed by atoms with Crippen LogP contribution in [0.5, 0.6) is 0 Å². The normalized spacial score (nSPS) is 15.7. The third-order valence-electron chi connectivity index (χ3n) is 11.1. The molecule has 8 rings (SSSR count). The van der Waals surface area contributed by atoms with Crippen molar-refractivity contribution >= 4 is 53.2 Å². The second kappa shape index (κ2) is 22.8. The second-order valence-electron chi connectivity index (χ2n) is 18.5. The molecule has 0 unspecified atom stereocenters. The van der Waals surface area contributed by atoms with Crippen molar-refractivity contribution in [3.8, 4) is 22.3 Å². The van der Waals surface area contributed by atoms with E-state index in [9.17, 15) is 0 Å². The molecule has 0 aromatic heterocycles. The Morgan fingerprint density at radius 1 is 0.517 bits per heavy atom. The van der Waals surface area contributed by atoms with E-state index in [2.05, 4.69) is 171 Å². The van der Waals surface area contributed by atoms with Gasteiger partial charge in [0.1, 0.15) is 13.6 Å². The van der Waals surface area contributed by atoms with Gasteiger partial charge in [0.2, 0.25) is 0 Å².